The molecule has 0 aromatic heterocycles. The zero-order chi connectivity index (χ0) is 17.6. The fraction of sp³-hybridized carbons (Fsp3) is 0.588. The molecule has 2 rings (SSSR count). The van der Waals surface area contributed by atoms with E-state index in [9.17, 15) is 13.2 Å². The van der Waals surface area contributed by atoms with Gasteiger partial charge in [0.2, 0.25) is 15.9 Å². The molecule has 0 radical (unpaired) electrons. The van der Waals surface area contributed by atoms with Gasteiger partial charge in [-0.1, -0.05) is 31.4 Å². The third kappa shape index (κ3) is 6.22. The molecule has 6 nitrogen and oxygen atoms in total. The number of carbonyl (C=O) groups excluding carboxylic acids is 1. The van der Waals surface area contributed by atoms with Crippen LogP contribution < -0.4 is 10.5 Å². The minimum absolute atomic E-state index is 0.0242. The number of primary sulfonamides is 1. The molecule has 7 heteroatoms. The van der Waals surface area contributed by atoms with Crippen molar-refractivity contribution >= 4 is 15.9 Å². The summed E-state index contributed by atoms with van der Waals surface area (Å²) in [6, 6.07) is 6.22. The van der Waals surface area contributed by atoms with E-state index in [2.05, 4.69) is 10.2 Å². The van der Waals surface area contributed by atoms with Gasteiger partial charge < -0.3 is 5.32 Å². The Labute approximate surface area is 144 Å². The van der Waals surface area contributed by atoms with E-state index in [0.717, 1.165) is 12.1 Å². The van der Waals surface area contributed by atoms with Gasteiger partial charge in [-0.2, -0.15) is 0 Å². The number of carbonyl (C=O) groups is 1. The summed E-state index contributed by atoms with van der Waals surface area (Å²) in [5, 5.41) is 7.92. The van der Waals surface area contributed by atoms with E-state index in [1.807, 2.05) is 7.05 Å². The van der Waals surface area contributed by atoms with Gasteiger partial charge in [0.05, 0.1) is 11.4 Å². The molecule has 0 heterocycles. The van der Waals surface area contributed by atoms with Crippen LogP contribution in [-0.4, -0.2) is 39.4 Å². The number of rotatable bonds is 7. The van der Waals surface area contributed by atoms with Gasteiger partial charge in [0.1, 0.15) is 0 Å². The molecule has 1 aliphatic carbocycles. The van der Waals surface area contributed by atoms with Crippen LogP contribution in [-0.2, 0) is 21.4 Å². The number of nitrogens with two attached hydrogens (primary N) is 1. The Morgan fingerprint density at radius 2 is 1.83 bits per heavy atom. The summed E-state index contributed by atoms with van der Waals surface area (Å²) in [5.74, 6) is 0.686. The Morgan fingerprint density at radius 3 is 2.42 bits per heavy atom. The Bertz CT molecular complexity index is 638. The van der Waals surface area contributed by atoms with Crippen molar-refractivity contribution in [2.24, 2.45) is 11.1 Å². The van der Waals surface area contributed by atoms with Crippen LogP contribution in [0.25, 0.3) is 0 Å². The average molecular weight is 353 g/mol. The summed E-state index contributed by atoms with van der Waals surface area (Å²) >= 11 is 0. The van der Waals surface area contributed by atoms with E-state index in [0.29, 0.717) is 19.0 Å². The van der Waals surface area contributed by atoms with E-state index in [-0.39, 0.29) is 10.8 Å². The lowest BCUT2D eigenvalue weighted by Gasteiger charge is -2.26. The normalized spacial score (nSPS) is 16.3. The maximum absolute atomic E-state index is 12.0. The number of nitrogens with one attached hydrogen (secondary N) is 1. The Morgan fingerprint density at radius 1 is 1.21 bits per heavy atom. The maximum Gasteiger partial charge on any atom is 0.238 e. The van der Waals surface area contributed by atoms with Gasteiger partial charge >= 0.3 is 0 Å². The average Bonchev–Trinajstić information content (AvgIpc) is 2.53. The summed E-state index contributed by atoms with van der Waals surface area (Å²) in [6.07, 6.45) is 6.48. The first-order valence-corrected chi connectivity index (χ1v) is 9.96. The largest absolute Gasteiger partial charge is 0.351 e. The van der Waals surface area contributed by atoms with Crippen molar-refractivity contribution in [1.29, 1.82) is 0 Å². The Balaban J connectivity index is 1.74. The highest BCUT2D eigenvalue weighted by Gasteiger charge is 2.16. The summed E-state index contributed by atoms with van der Waals surface area (Å²) in [5.41, 5.74) is 0.839. The zero-order valence-electron chi connectivity index (χ0n) is 14.2. The SMILES string of the molecule is CN(CC(=O)NCc1ccc(S(N)(=O)=O)cc1)CC1CCCCC1. The number of nitrogens with zero attached hydrogens (tertiary/aromatic N) is 1. The number of sulfonamides is 1. The lowest BCUT2D eigenvalue weighted by Crippen LogP contribution is -2.37. The first kappa shape index (κ1) is 18.9. The molecule has 0 bridgehead atoms. The highest BCUT2D eigenvalue weighted by atomic mass is 32.2. The third-order valence-corrected chi connectivity index (χ3v) is 5.38. The maximum atomic E-state index is 12.0. The van der Waals surface area contributed by atoms with Crippen LogP contribution in [0.5, 0.6) is 0 Å². The van der Waals surface area contributed by atoms with Gasteiger partial charge in [-0.3, -0.25) is 9.69 Å². The topological polar surface area (TPSA) is 92.5 Å². The molecular formula is C17H27N3O3S. The van der Waals surface area contributed by atoms with Gasteiger partial charge in [-0.15, -0.1) is 0 Å². The molecule has 3 N–H and O–H groups in total. The van der Waals surface area contributed by atoms with Crippen molar-refractivity contribution in [3.05, 3.63) is 29.8 Å². The second kappa shape index (κ2) is 8.60. The Hall–Kier alpha value is -1.44. The molecule has 1 aromatic rings. The van der Waals surface area contributed by atoms with Crippen LogP contribution >= 0.6 is 0 Å². The van der Waals surface area contributed by atoms with E-state index in [1.165, 1.54) is 44.2 Å². The number of hydrogen-bond acceptors (Lipinski definition) is 4. The van der Waals surface area contributed by atoms with Crippen LogP contribution in [0.4, 0.5) is 0 Å². The summed E-state index contributed by atoms with van der Waals surface area (Å²) < 4.78 is 22.4. The quantitative estimate of drug-likeness (QED) is 0.776. The summed E-state index contributed by atoms with van der Waals surface area (Å²) in [4.78, 5) is 14.2. The van der Waals surface area contributed by atoms with Gasteiger partial charge in [0.15, 0.2) is 0 Å². The summed E-state index contributed by atoms with van der Waals surface area (Å²) in [6.45, 7) is 1.73. The number of amides is 1. The highest BCUT2D eigenvalue weighted by molar-refractivity contribution is 7.89. The molecular weight excluding hydrogens is 326 g/mol. The molecule has 1 amide bonds. The van der Waals surface area contributed by atoms with Crippen molar-refractivity contribution in [1.82, 2.24) is 10.2 Å². The Kier molecular flexibility index (Phi) is 6.77. The molecule has 0 saturated heterocycles. The second-order valence-corrected chi connectivity index (χ2v) is 8.23. The van der Waals surface area contributed by atoms with Crippen molar-refractivity contribution in [2.75, 3.05) is 20.1 Å². The molecule has 0 aliphatic heterocycles. The molecule has 24 heavy (non-hydrogen) atoms. The lowest BCUT2D eigenvalue weighted by molar-refractivity contribution is -0.122. The third-order valence-electron chi connectivity index (χ3n) is 4.45. The van der Waals surface area contributed by atoms with Crippen molar-refractivity contribution in [2.45, 2.75) is 43.5 Å². The first-order chi connectivity index (χ1) is 11.3. The lowest BCUT2D eigenvalue weighted by atomic mass is 9.89. The van der Waals surface area contributed by atoms with Crippen molar-refractivity contribution in [3.63, 3.8) is 0 Å². The monoisotopic (exact) mass is 353 g/mol. The molecule has 1 fully saturated rings. The van der Waals surface area contributed by atoms with Crippen LogP contribution in [0.1, 0.15) is 37.7 Å². The van der Waals surface area contributed by atoms with Crippen molar-refractivity contribution in [3.8, 4) is 0 Å². The van der Waals surface area contributed by atoms with Crippen LogP contribution in [0.2, 0.25) is 0 Å². The van der Waals surface area contributed by atoms with Crippen molar-refractivity contribution < 1.29 is 13.2 Å². The number of benzene rings is 1. The van der Waals surface area contributed by atoms with E-state index < -0.39 is 10.0 Å². The molecule has 0 unspecified atom stereocenters. The van der Waals surface area contributed by atoms with Crippen LogP contribution in [0, 0.1) is 5.92 Å². The first-order valence-electron chi connectivity index (χ1n) is 8.41. The van der Waals surface area contributed by atoms with Gasteiger partial charge in [0, 0.05) is 13.1 Å². The molecule has 0 atom stereocenters. The number of hydrogen-bond donors (Lipinski definition) is 2. The van der Waals surface area contributed by atoms with Gasteiger partial charge in [-0.05, 0) is 43.5 Å². The van der Waals surface area contributed by atoms with Crippen LogP contribution in [0.3, 0.4) is 0 Å². The number of likely N-dealkylation sites (N-methyl/N-ethyl adjacent to an activating group) is 1. The van der Waals surface area contributed by atoms with E-state index in [1.54, 1.807) is 12.1 Å². The molecule has 134 valence electrons. The molecule has 0 spiro atoms. The molecule has 1 aliphatic rings. The second-order valence-electron chi connectivity index (χ2n) is 6.67. The highest BCUT2D eigenvalue weighted by Crippen LogP contribution is 2.23. The minimum atomic E-state index is -3.67. The van der Waals surface area contributed by atoms with E-state index >= 15 is 0 Å². The van der Waals surface area contributed by atoms with E-state index in [4.69, 9.17) is 5.14 Å². The standard InChI is InChI=1S/C17H27N3O3S/c1-20(12-15-5-3-2-4-6-15)13-17(21)19-11-14-7-9-16(10-8-14)24(18,22)23/h7-10,15H,2-6,11-13H2,1H3,(H,19,21)(H2,18,22,23). The predicted molar refractivity (Wildman–Crippen MR) is 93.7 cm³/mol. The van der Waals surface area contributed by atoms with Gasteiger partial charge in [-0.25, -0.2) is 13.6 Å². The zero-order valence-corrected chi connectivity index (χ0v) is 15.0. The fourth-order valence-electron chi connectivity index (χ4n) is 3.17. The van der Waals surface area contributed by atoms with Gasteiger partial charge in [0.25, 0.3) is 0 Å². The minimum Gasteiger partial charge on any atom is -0.351 e. The predicted octanol–water partition coefficient (Wildman–Crippen LogP) is 1.46. The fourth-order valence-corrected chi connectivity index (χ4v) is 3.69. The molecule has 1 saturated carbocycles. The smallest absolute Gasteiger partial charge is 0.238 e. The summed E-state index contributed by atoms with van der Waals surface area (Å²) in [7, 11) is -1.69. The van der Waals surface area contributed by atoms with Crippen LogP contribution in [0.15, 0.2) is 29.2 Å². The molecule has 1 aromatic carbocycles.